The molecule has 1 heterocycles. The molecule has 5 rings (SSSR count). The van der Waals surface area contributed by atoms with Gasteiger partial charge >= 0.3 is 0 Å². The van der Waals surface area contributed by atoms with Gasteiger partial charge in [-0.15, -0.1) is 0 Å². The average molecular weight is 485 g/mol. The third-order valence-electron chi connectivity index (χ3n) is 7.14. The number of hydrogen-bond acceptors (Lipinski definition) is 4. The van der Waals surface area contributed by atoms with Crippen LogP contribution in [-0.2, 0) is 17.8 Å². The summed E-state index contributed by atoms with van der Waals surface area (Å²) in [6.07, 6.45) is 7.43. The Kier molecular flexibility index (Phi) is 8.19. The van der Waals surface area contributed by atoms with E-state index in [0.29, 0.717) is 12.5 Å². The van der Waals surface area contributed by atoms with Crippen molar-refractivity contribution in [1.82, 2.24) is 10.2 Å². The van der Waals surface area contributed by atoms with Gasteiger partial charge in [0.05, 0.1) is 12.5 Å². The number of hydrogen-bond donors (Lipinski definition) is 1. The van der Waals surface area contributed by atoms with E-state index in [1.54, 1.807) is 0 Å². The molecule has 1 saturated heterocycles. The fraction of sp³-hybridized carbons (Fsp3) is 0.387. The van der Waals surface area contributed by atoms with E-state index in [2.05, 4.69) is 28.4 Å². The smallest absolute Gasteiger partial charge is 0.224 e. The largest absolute Gasteiger partial charge is 0.487 e. The summed E-state index contributed by atoms with van der Waals surface area (Å²) in [6.45, 7) is 2.82. The van der Waals surface area contributed by atoms with Gasteiger partial charge < -0.3 is 14.8 Å². The number of nitrogens with one attached hydrogen (secondary N) is 1. The van der Waals surface area contributed by atoms with Crippen molar-refractivity contribution < 1.29 is 14.3 Å². The van der Waals surface area contributed by atoms with Gasteiger partial charge in [0.25, 0.3) is 0 Å². The first-order chi connectivity index (χ1) is 17.7. The second-order valence-electron chi connectivity index (χ2n) is 10.0. The van der Waals surface area contributed by atoms with Crippen LogP contribution in [0.5, 0.6) is 17.2 Å². The van der Waals surface area contributed by atoms with E-state index < -0.39 is 0 Å². The van der Waals surface area contributed by atoms with Crippen LogP contribution in [0.1, 0.15) is 49.7 Å². The second kappa shape index (κ2) is 12.1. The summed E-state index contributed by atoms with van der Waals surface area (Å²) in [7, 11) is 0. The molecule has 1 N–H and O–H groups in total. The first-order valence-electron chi connectivity index (χ1n) is 13.3. The minimum absolute atomic E-state index is 0.113. The number of piperidine rings is 1. The topological polar surface area (TPSA) is 50.8 Å². The quantitative estimate of drug-likeness (QED) is 0.397. The van der Waals surface area contributed by atoms with E-state index in [0.717, 1.165) is 68.1 Å². The van der Waals surface area contributed by atoms with E-state index in [1.165, 1.54) is 18.4 Å². The molecule has 188 valence electrons. The van der Waals surface area contributed by atoms with Gasteiger partial charge in [-0.05, 0) is 73.9 Å². The molecule has 3 aromatic rings. The second-order valence-corrected chi connectivity index (χ2v) is 10.0. The maximum Gasteiger partial charge on any atom is 0.224 e. The van der Waals surface area contributed by atoms with Gasteiger partial charge in [0.15, 0.2) is 11.5 Å². The molecule has 0 spiro atoms. The lowest BCUT2D eigenvalue weighted by molar-refractivity contribution is -0.121. The highest BCUT2D eigenvalue weighted by Crippen LogP contribution is 2.34. The molecule has 1 aliphatic carbocycles. The van der Waals surface area contributed by atoms with Gasteiger partial charge in [0.1, 0.15) is 5.75 Å². The summed E-state index contributed by atoms with van der Waals surface area (Å²) in [5, 5.41) is 3.22. The van der Waals surface area contributed by atoms with Gasteiger partial charge in [-0.2, -0.15) is 0 Å². The lowest BCUT2D eigenvalue weighted by atomic mass is 10.0. The lowest BCUT2D eigenvalue weighted by Gasteiger charge is -2.32. The Morgan fingerprint density at radius 1 is 0.806 bits per heavy atom. The summed E-state index contributed by atoms with van der Waals surface area (Å²) < 4.78 is 12.5. The Labute approximate surface area is 214 Å². The van der Waals surface area contributed by atoms with Crippen LogP contribution in [-0.4, -0.2) is 36.0 Å². The van der Waals surface area contributed by atoms with Gasteiger partial charge in [0, 0.05) is 25.7 Å². The Morgan fingerprint density at radius 3 is 2.28 bits per heavy atom. The van der Waals surface area contributed by atoms with Crippen molar-refractivity contribution in [2.75, 3.05) is 13.1 Å². The van der Waals surface area contributed by atoms with E-state index in [-0.39, 0.29) is 11.9 Å². The van der Waals surface area contributed by atoms with E-state index >= 15 is 0 Å². The predicted molar refractivity (Wildman–Crippen MR) is 142 cm³/mol. The van der Waals surface area contributed by atoms with Gasteiger partial charge in [0.2, 0.25) is 5.91 Å². The Hall–Kier alpha value is -3.31. The monoisotopic (exact) mass is 484 g/mol. The third-order valence-corrected chi connectivity index (χ3v) is 7.14. The molecular weight excluding hydrogens is 448 g/mol. The summed E-state index contributed by atoms with van der Waals surface area (Å²) in [6, 6.07) is 26.5. The number of rotatable bonds is 9. The maximum atomic E-state index is 12.4. The van der Waals surface area contributed by atoms with Crippen molar-refractivity contribution in [2.45, 2.75) is 63.6 Å². The molecular formula is C31H36N2O3. The zero-order valence-corrected chi connectivity index (χ0v) is 20.9. The van der Waals surface area contributed by atoms with Gasteiger partial charge in [-0.25, -0.2) is 0 Å². The van der Waals surface area contributed by atoms with Crippen LogP contribution in [0.4, 0.5) is 0 Å². The van der Waals surface area contributed by atoms with Crippen LogP contribution in [0.15, 0.2) is 78.9 Å². The molecule has 5 heteroatoms. The van der Waals surface area contributed by atoms with Crippen LogP contribution < -0.4 is 14.8 Å². The van der Waals surface area contributed by atoms with Crippen molar-refractivity contribution >= 4 is 5.91 Å². The van der Waals surface area contributed by atoms with Crippen molar-refractivity contribution in [3.8, 4) is 17.2 Å². The number of amides is 1. The van der Waals surface area contributed by atoms with Crippen molar-refractivity contribution in [2.24, 2.45) is 0 Å². The zero-order chi connectivity index (χ0) is 24.6. The minimum Gasteiger partial charge on any atom is -0.487 e. The summed E-state index contributed by atoms with van der Waals surface area (Å²) in [5.74, 6) is 2.54. The highest BCUT2D eigenvalue weighted by molar-refractivity contribution is 5.78. The van der Waals surface area contributed by atoms with E-state index in [4.69, 9.17) is 9.47 Å². The molecule has 0 bridgehead atoms. The van der Waals surface area contributed by atoms with Crippen molar-refractivity contribution in [3.05, 3.63) is 90.0 Å². The summed E-state index contributed by atoms with van der Waals surface area (Å²) in [4.78, 5) is 14.9. The maximum absolute atomic E-state index is 12.4. The zero-order valence-electron chi connectivity index (χ0n) is 20.9. The number of nitrogens with zero attached hydrogens (tertiary/aromatic N) is 1. The molecule has 1 saturated carbocycles. The first kappa shape index (κ1) is 24.4. The van der Waals surface area contributed by atoms with Crippen molar-refractivity contribution in [1.29, 1.82) is 0 Å². The van der Waals surface area contributed by atoms with E-state index in [1.807, 2.05) is 60.7 Å². The number of benzene rings is 3. The summed E-state index contributed by atoms with van der Waals surface area (Å²) in [5.41, 5.74) is 2.29. The lowest BCUT2D eigenvalue weighted by Crippen LogP contribution is -2.44. The Balaban J connectivity index is 1.11. The molecule has 0 aromatic heterocycles. The average Bonchev–Trinajstić information content (AvgIpc) is 3.40. The van der Waals surface area contributed by atoms with E-state index in [9.17, 15) is 4.79 Å². The molecule has 0 radical (unpaired) electrons. The Morgan fingerprint density at radius 2 is 1.50 bits per heavy atom. The molecule has 0 unspecified atom stereocenters. The number of para-hydroxylation sites is 2. The minimum atomic E-state index is 0.113. The van der Waals surface area contributed by atoms with Crippen molar-refractivity contribution in [3.63, 3.8) is 0 Å². The molecule has 5 nitrogen and oxygen atoms in total. The molecule has 3 aromatic carbocycles. The van der Waals surface area contributed by atoms with Gasteiger partial charge in [-0.1, -0.05) is 54.6 Å². The molecule has 36 heavy (non-hydrogen) atoms. The van der Waals surface area contributed by atoms with Gasteiger partial charge in [-0.3, -0.25) is 9.69 Å². The fourth-order valence-corrected chi connectivity index (χ4v) is 5.21. The number of carbonyl (C=O) groups is 1. The highest BCUT2D eigenvalue weighted by Gasteiger charge is 2.21. The fourth-order valence-electron chi connectivity index (χ4n) is 5.21. The molecule has 1 amide bonds. The normalized spacial score (nSPS) is 17.1. The highest BCUT2D eigenvalue weighted by atomic mass is 16.5. The van der Waals surface area contributed by atoms with Crippen LogP contribution >= 0.6 is 0 Å². The molecule has 0 atom stereocenters. The SMILES string of the molecule is O=C(Cc1ccccc1)NC1CCN(Cc2cccc(Oc3ccccc3OC3CCCC3)c2)CC1. The molecule has 2 fully saturated rings. The number of carbonyl (C=O) groups excluding carboxylic acids is 1. The van der Waals surface area contributed by atoms with Crippen LogP contribution in [0.3, 0.4) is 0 Å². The van der Waals surface area contributed by atoms with Crippen LogP contribution in [0.25, 0.3) is 0 Å². The standard InChI is InChI=1S/C31H36N2O3/c34-31(22-24-9-2-1-3-10-24)32-26-17-19-33(20-18-26)23-25-11-8-14-28(21-25)36-30-16-7-6-15-29(30)35-27-12-4-5-13-27/h1-3,6-11,14-16,21,26-27H,4-5,12-13,17-20,22-23H2,(H,32,34). The molecule has 1 aliphatic heterocycles. The predicted octanol–water partition coefficient (Wildman–Crippen LogP) is 6.12. The van der Waals surface area contributed by atoms with Crippen LogP contribution in [0.2, 0.25) is 0 Å². The first-order valence-corrected chi connectivity index (χ1v) is 13.3. The third kappa shape index (κ3) is 6.88. The number of ether oxygens (including phenoxy) is 2. The summed E-state index contributed by atoms with van der Waals surface area (Å²) >= 11 is 0. The van der Waals surface area contributed by atoms with Crippen LogP contribution in [0, 0.1) is 0 Å². The molecule has 2 aliphatic rings. The number of likely N-dealkylation sites (tertiary alicyclic amines) is 1. The Bertz CT molecular complexity index is 1120.